The van der Waals surface area contributed by atoms with Crippen molar-refractivity contribution in [3.8, 4) is 0 Å². The Morgan fingerprint density at radius 1 is 1.19 bits per heavy atom. The van der Waals surface area contributed by atoms with E-state index in [1.807, 2.05) is 12.1 Å². The van der Waals surface area contributed by atoms with Gasteiger partial charge in [0.15, 0.2) is 0 Å². The van der Waals surface area contributed by atoms with Crippen molar-refractivity contribution in [2.45, 2.75) is 25.8 Å². The third-order valence-electron chi connectivity index (χ3n) is 3.35. The Balaban J connectivity index is 2.21. The molecule has 4 heteroatoms. The molecule has 2 aromatic carbocycles. The topological polar surface area (TPSA) is 12.0 Å². The molecule has 0 spiro atoms. The smallest absolute Gasteiger partial charge is 0.127 e. The second kappa shape index (κ2) is 7.92. The van der Waals surface area contributed by atoms with Gasteiger partial charge in [-0.2, -0.15) is 0 Å². The van der Waals surface area contributed by atoms with Gasteiger partial charge in [0.25, 0.3) is 0 Å². The molecule has 0 radical (unpaired) electrons. The fraction of sp³-hybridized carbons (Fsp3) is 0.294. The maximum atomic E-state index is 14.0. The Hall–Kier alpha value is -0.900. The number of hydrogen-bond donors (Lipinski definition) is 1. The summed E-state index contributed by atoms with van der Waals surface area (Å²) < 4.78 is 15.0. The quantitative estimate of drug-likeness (QED) is 0.705. The summed E-state index contributed by atoms with van der Waals surface area (Å²) in [6, 6.07) is 13.1. The first kappa shape index (κ1) is 16.5. The molecule has 2 rings (SSSR count). The molecule has 1 N–H and O–H groups in total. The van der Waals surface area contributed by atoms with Gasteiger partial charge in [-0.1, -0.05) is 52.7 Å². The molecule has 112 valence electrons. The maximum absolute atomic E-state index is 14.0. The van der Waals surface area contributed by atoms with E-state index in [4.69, 9.17) is 11.6 Å². The Labute approximate surface area is 138 Å². The number of hydrogen-bond acceptors (Lipinski definition) is 1. The summed E-state index contributed by atoms with van der Waals surface area (Å²) in [4.78, 5) is 0. The average molecular weight is 371 g/mol. The molecule has 1 atom stereocenters. The Morgan fingerprint density at radius 2 is 1.90 bits per heavy atom. The minimum absolute atomic E-state index is 0.0914. The van der Waals surface area contributed by atoms with Crippen molar-refractivity contribution in [2.24, 2.45) is 0 Å². The van der Waals surface area contributed by atoms with Crippen molar-refractivity contribution in [3.05, 3.63) is 68.9 Å². The fourth-order valence-electron chi connectivity index (χ4n) is 2.23. The van der Waals surface area contributed by atoms with Gasteiger partial charge in [0.05, 0.1) is 0 Å². The zero-order valence-corrected chi connectivity index (χ0v) is 14.2. The molecule has 0 aliphatic rings. The van der Waals surface area contributed by atoms with Crippen LogP contribution in [0.4, 0.5) is 4.39 Å². The van der Waals surface area contributed by atoms with Crippen LogP contribution in [0, 0.1) is 5.82 Å². The predicted molar refractivity (Wildman–Crippen MR) is 90.3 cm³/mol. The van der Waals surface area contributed by atoms with Gasteiger partial charge < -0.3 is 5.32 Å². The summed E-state index contributed by atoms with van der Waals surface area (Å²) in [7, 11) is 0. The number of halogens is 3. The van der Waals surface area contributed by atoms with Crippen molar-refractivity contribution in [1.29, 1.82) is 0 Å². The van der Waals surface area contributed by atoms with Gasteiger partial charge in [-0.3, -0.25) is 0 Å². The monoisotopic (exact) mass is 369 g/mol. The largest absolute Gasteiger partial charge is 0.310 e. The average Bonchev–Trinajstić information content (AvgIpc) is 2.46. The van der Waals surface area contributed by atoms with Crippen LogP contribution in [0.5, 0.6) is 0 Å². The second-order valence-electron chi connectivity index (χ2n) is 5.00. The minimum Gasteiger partial charge on any atom is -0.310 e. The Kier molecular flexibility index (Phi) is 6.22. The van der Waals surface area contributed by atoms with Crippen LogP contribution in [-0.2, 0) is 6.42 Å². The van der Waals surface area contributed by atoms with E-state index in [0.29, 0.717) is 17.0 Å². The molecule has 0 saturated carbocycles. The molecule has 0 aliphatic carbocycles. The molecule has 0 fully saturated rings. The van der Waals surface area contributed by atoms with Crippen molar-refractivity contribution < 1.29 is 4.39 Å². The lowest BCUT2D eigenvalue weighted by Gasteiger charge is -2.19. The highest BCUT2D eigenvalue weighted by atomic mass is 79.9. The lowest BCUT2D eigenvalue weighted by atomic mass is 9.98. The molecule has 0 saturated heterocycles. The second-order valence-corrected chi connectivity index (χ2v) is 6.35. The first-order valence-corrected chi connectivity index (χ1v) is 8.20. The minimum atomic E-state index is -0.247. The van der Waals surface area contributed by atoms with E-state index in [1.165, 1.54) is 6.07 Å². The van der Waals surface area contributed by atoms with Crippen molar-refractivity contribution in [3.63, 3.8) is 0 Å². The highest BCUT2D eigenvalue weighted by molar-refractivity contribution is 9.10. The number of benzene rings is 2. The van der Waals surface area contributed by atoms with Crippen LogP contribution < -0.4 is 5.32 Å². The SMILES string of the molecule is CCCNC(Cc1ccc(Cl)cc1F)c1ccc(Br)cc1. The molecule has 0 aliphatic heterocycles. The van der Waals surface area contributed by atoms with Gasteiger partial charge in [-0.15, -0.1) is 0 Å². The van der Waals surface area contributed by atoms with Crippen LogP contribution >= 0.6 is 27.5 Å². The normalized spacial score (nSPS) is 12.4. The molecule has 1 nitrogen and oxygen atoms in total. The molecule has 0 amide bonds. The van der Waals surface area contributed by atoms with Gasteiger partial charge in [-0.05, 0) is 54.8 Å². The first-order chi connectivity index (χ1) is 10.1. The van der Waals surface area contributed by atoms with Gasteiger partial charge in [0.1, 0.15) is 5.82 Å². The summed E-state index contributed by atoms with van der Waals surface area (Å²) in [6.07, 6.45) is 1.64. The van der Waals surface area contributed by atoms with Crippen molar-refractivity contribution in [1.82, 2.24) is 5.32 Å². The summed E-state index contributed by atoms with van der Waals surface area (Å²) in [5.41, 5.74) is 1.83. The highest BCUT2D eigenvalue weighted by Crippen LogP contribution is 2.23. The summed E-state index contributed by atoms with van der Waals surface area (Å²) in [5, 5.41) is 3.91. The van der Waals surface area contributed by atoms with Crippen LogP contribution in [0.15, 0.2) is 46.9 Å². The van der Waals surface area contributed by atoms with E-state index in [-0.39, 0.29) is 11.9 Å². The van der Waals surface area contributed by atoms with Crippen LogP contribution in [-0.4, -0.2) is 6.54 Å². The van der Waals surface area contributed by atoms with Crippen molar-refractivity contribution in [2.75, 3.05) is 6.54 Å². The van der Waals surface area contributed by atoms with Crippen molar-refractivity contribution >= 4 is 27.5 Å². The molecule has 21 heavy (non-hydrogen) atoms. The molecular weight excluding hydrogens is 353 g/mol. The maximum Gasteiger partial charge on any atom is 0.127 e. The van der Waals surface area contributed by atoms with Crippen LogP contribution in [0.25, 0.3) is 0 Å². The summed E-state index contributed by atoms with van der Waals surface area (Å²) >= 11 is 9.25. The molecule has 2 aromatic rings. The standard InChI is InChI=1S/C17H18BrClFN/c1-2-9-21-17(12-3-6-14(18)7-4-12)10-13-5-8-15(19)11-16(13)20/h3-8,11,17,21H,2,9-10H2,1H3. The van der Waals surface area contributed by atoms with Crippen LogP contribution in [0.2, 0.25) is 5.02 Å². The van der Waals surface area contributed by atoms with E-state index in [9.17, 15) is 4.39 Å². The van der Waals surface area contributed by atoms with Gasteiger partial charge >= 0.3 is 0 Å². The lowest BCUT2D eigenvalue weighted by molar-refractivity contribution is 0.513. The third kappa shape index (κ3) is 4.80. The molecule has 1 unspecified atom stereocenters. The Morgan fingerprint density at radius 3 is 2.52 bits per heavy atom. The highest BCUT2D eigenvalue weighted by Gasteiger charge is 2.14. The lowest BCUT2D eigenvalue weighted by Crippen LogP contribution is -2.24. The zero-order chi connectivity index (χ0) is 15.2. The van der Waals surface area contributed by atoms with Crippen LogP contribution in [0.1, 0.15) is 30.5 Å². The van der Waals surface area contributed by atoms with Gasteiger partial charge in [-0.25, -0.2) is 4.39 Å². The van der Waals surface area contributed by atoms with E-state index >= 15 is 0 Å². The molecule has 0 heterocycles. The Bertz CT molecular complexity index is 586. The van der Waals surface area contributed by atoms with E-state index in [2.05, 4.69) is 40.3 Å². The number of nitrogens with one attached hydrogen (secondary N) is 1. The third-order valence-corrected chi connectivity index (χ3v) is 4.12. The molecule has 0 bridgehead atoms. The summed E-state index contributed by atoms with van der Waals surface area (Å²) in [5.74, 6) is -0.247. The molecule has 0 aromatic heterocycles. The predicted octanol–water partition coefficient (Wildman–Crippen LogP) is 5.53. The number of rotatable bonds is 6. The molecular formula is C17H18BrClFN. The van der Waals surface area contributed by atoms with E-state index in [0.717, 1.165) is 23.0 Å². The summed E-state index contributed by atoms with van der Waals surface area (Å²) in [6.45, 7) is 3.02. The van der Waals surface area contributed by atoms with E-state index < -0.39 is 0 Å². The fourth-order valence-corrected chi connectivity index (χ4v) is 2.65. The first-order valence-electron chi connectivity index (χ1n) is 7.03. The van der Waals surface area contributed by atoms with Crippen LogP contribution in [0.3, 0.4) is 0 Å². The van der Waals surface area contributed by atoms with E-state index in [1.54, 1.807) is 12.1 Å². The zero-order valence-electron chi connectivity index (χ0n) is 11.9. The van der Waals surface area contributed by atoms with Gasteiger partial charge in [0, 0.05) is 15.5 Å². The van der Waals surface area contributed by atoms with Gasteiger partial charge in [0.2, 0.25) is 0 Å².